The molecule has 0 amide bonds. The van der Waals surface area contributed by atoms with Crippen molar-refractivity contribution in [1.82, 2.24) is 20.0 Å². The van der Waals surface area contributed by atoms with Crippen molar-refractivity contribution < 1.29 is 0 Å². The van der Waals surface area contributed by atoms with Crippen LogP contribution < -0.4 is 5.32 Å². The van der Waals surface area contributed by atoms with Gasteiger partial charge < -0.3 is 5.32 Å². The molecule has 0 saturated carbocycles. The zero-order valence-electron chi connectivity index (χ0n) is 13.6. The summed E-state index contributed by atoms with van der Waals surface area (Å²) in [5.41, 5.74) is 4.15. The average molecular weight is 327 g/mol. The minimum absolute atomic E-state index is 0.693. The number of anilines is 1. The largest absolute Gasteiger partial charge is 0.365 e. The molecule has 0 aliphatic carbocycles. The van der Waals surface area contributed by atoms with E-state index in [-0.39, 0.29) is 0 Å². The second-order valence-corrected chi connectivity index (χ2v) is 5.64. The molecule has 0 fully saturated rings. The molecule has 0 spiro atoms. The normalized spacial score (nSPS) is 10.6. The molecule has 4 aromatic rings. The standard InChI is InChI=1S/C20H17N5/c1-2-5-17(6-3-1)19-11-12-20(24-23-19)21-15-16-7-9-18(10-8-16)25-14-4-13-22-25/h1-14H,15H2,(H,21,24). The van der Waals surface area contributed by atoms with Gasteiger partial charge in [0.05, 0.1) is 11.4 Å². The minimum atomic E-state index is 0.693. The molecule has 2 heterocycles. The second-order valence-electron chi connectivity index (χ2n) is 5.64. The molecule has 0 aliphatic rings. The van der Waals surface area contributed by atoms with E-state index in [1.165, 1.54) is 5.56 Å². The van der Waals surface area contributed by atoms with Crippen LogP contribution in [0.5, 0.6) is 0 Å². The summed E-state index contributed by atoms with van der Waals surface area (Å²) in [5.74, 6) is 0.760. The Morgan fingerprint density at radius 2 is 1.64 bits per heavy atom. The maximum Gasteiger partial charge on any atom is 0.148 e. The summed E-state index contributed by atoms with van der Waals surface area (Å²) in [7, 11) is 0. The fraction of sp³-hybridized carbons (Fsp3) is 0.0500. The van der Waals surface area contributed by atoms with E-state index >= 15 is 0 Å². The van der Waals surface area contributed by atoms with Crippen LogP contribution in [0.15, 0.2) is 85.2 Å². The van der Waals surface area contributed by atoms with Gasteiger partial charge >= 0.3 is 0 Å². The molecule has 0 unspecified atom stereocenters. The predicted octanol–water partition coefficient (Wildman–Crippen LogP) is 3.94. The Hall–Kier alpha value is -3.47. The van der Waals surface area contributed by atoms with Crippen molar-refractivity contribution in [3.63, 3.8) is 0 Å². The molecule has 2 aromatic carbocycles. The van der Waals surface area contributed by atoms with E-state index in [4.69, 9.17) is 0 Å². The number of aromatic nitrogens is 4. The molecule has 4 rings (SSSR count). The molecule has 25 heavy (non-hydrogen) atoms. The monoisotopic (exact) mass is 327 g/mol. The first-order chi connectivity index (χ1) is 12.4. The van der Waals surface area contributed by atoms with Gasteiger partial charge in [-0.3, -0.25) is 0 Å². The average Bonchev–Trinajstić information content (AvgIpc) is 3.23. The van der Waals surface area contributed by atoms with Crippen molar-refractivity contribution in [2.75, 3.05) is 5.32 Å². The minimum Gasteiger partial charge on any atom is -0.365 e. The van der Waals surface area contributed by atoms with Gasteiger partial charge in [-0.1, -0.05) is 42.5 Å². The van der Waals surface area contributed by atoms with Crippen molar-refractivity contribution in [2.45, 2.75) is 6.54 Å². The summed E-state index contributed by atoms with van der Waals surface area (Å²) >= 11 is 0. The molecule has 0 bridgehead atoms. The Kier molecular flexibility index (Phi) is 4.20. The van der Waals surface area contributed by atoms with Crippen molar-refractivity contribution >= 4 is 5.82 Å². The third-order valence-corrected chi connectivity index (χ3v) is 3.91. The Morgan fingerprint density at radius 3 is 2.32 bits per heavy atom. The van der Waals surface area contributed by atoms with Crippen LogP contribution in [0.1, 0.15) is 5.56 Å². The van der Waals surface area contributed by atoms with Crippen molar-refractivity contribution in [2.24, 2.45) is 0 Å². The Balaban J connectivity index is 1.40. The van der Waals surface area contributed by atoms with Gasteiger partial charge in [0.25, 0.3) is 0 Å². The van der Waals surface area contributed by atoms with E-state index in [1.807, 2.05) is 71.5 Å². The van der Waals surface area contributed by atoms with Gasteiger partial charge in [-0.15, -0.1) is 10.2 Å². The lowest BCUT2D eigenvalue weighted by molar-refractivity contribution is 0.879. The number of rotatable bonds is 5. The SMILES string of the molecule is c1ccc(-c2ccc(NCc3ccc(-n4cccn4)cc3)nn2)cc1. The topological polar surface area (TPSA) is 55.6 Å². The van der Waals surface area contributed by atoms with Crippen LogP contribution in [0, 0.1) is 0 Å². The van der Waals surface area contributed by atoms with Crippen molar-refractivity contribution in [3.8, 4) is 16.9 Å². The first-order valence-electron chi connectivity index (χ1n) is 8.10. The highest BCUT2D eigenvalue weighted by Gasteiger charge is 2.01. The molecule has 2 aromatic heterocycles. The number of nitrogens with zero attached hydrogens (tertiary/aromatic N) is 4. The lowest BCUT2D eigenvalue weighted by atomic mass is 10.1. The lowest BCUT2D eigenvalue weighted by Gasteiger charge is -2.07. The smallest absolute Gasteiger partial charge is 0.148 e. The Labute approximate surface area is 146 Å². The van der Waals surface area contributed by atoms with Gasteiger partial charge in [0.1, 0.15) is 5.82 Å². The molecule has 1 N–H and O–H groups in total. The molecule has 5 heteroatoms. The highest BCUT2D eigenvalue weighted by Crippen LogP contribution is 2.16. The molecule has 5 nitrogen and oxygen atoms in total. The molecule has 0 saturated heterocycles. The fourth-order valence-corrected chi connectivity index (χ4v) is 2.57. The Morgan fingerprint density at radius 1 is 0.800 bits per heavy atom. The van der Waals surface area contributed by atoms with Gasteiger partial charge in [-0.05, 0) is 35.9 Å². The molecule has 0 aliphatic heterocycles. The summed E-state index contributed by atoms with van der Waals surface area (Å²) in [4.78, 5) is 0. The molecular formula is C20H17N5. The van der Waals surface area contributed by atoms with Crippen LogP contribution in [0.25, 0.3) is 16.9 Å². The van der Waals surface area contributed by atoms with Crippen LogP contribution in [0.2, 0.25) is 0 Å². The van der Waals surface area contributed by atoms with Gasteiger partial charge in [-0.2, -0.15) is 5.10 Å². The van der Waals surface area contributed by atoms with Crippen LogP contribution >= 0.6 is 0 Å². The third-order valence-electron chi connectivity index (χ3n) is 3.91. The first-order valence-corrected chi connectivity index (χ1v) is 8.10. The van der Waals surface area contributed by atoms with Gasteiger partial charge in [0.2, 0.25) is 0 Å². The lowest BCUT2D eigenvalue weighted by Crippen LogP contribution is -2.03. The fourth-order valence-electron chi connectivity index (χ4n) is 2.57. The molecule has 122 valence electrons. The second kappa shape index (κ2) is 6.97. The number of nitrogens with one attached hydrogen (secondary N) is 1. The predicted molar refractivity (Wildman–Crippen MR) is 98.4 cm³/mol. The summed E-state index contributed by atoms with van der Waals surface area (Å²) < 4.78 is 1.84. The highest BCUT2D eigenvalue weighted by atomic mass is 15.3. The maximum absolute atomic E-state index is 4.28. The van der Waals surface area contributed by atoms with E-state index in [9.17, 15) is 0 Å². The quantitative estimate of drug-likeness (QED) is 0.603. The van der Waals surface area contributed by atoms with Crippen LogP contribution in [0.3, 0.4) is 0 Å². The maximum atomic E-state index is 4.28. The van der Waals surface area contributed by atoms with E-state index in [0.717, 1.165) is 22.8 Å². The zero-order chi connectivity index (χ0) is 16.9. The zero-order valence-corrected chi connectivity index (χ0v) is 13.6. The molecule has 0 atom stereocenters. The van der Waals surface area contributed by atoms with Crippen LogP contribution in [-0.4, -0.2) is 20.0 Å². The van der Waals surface area contributed by atoms with E-state index in [1.54, 1.807) is 6.20 Å². The van der Waals surface area contributed by atoms with Gasteiger partial charge in [-0.25, -0.2) is 4.68 Å². The van der Waals surface area contributed by atoms with E-state index < -0.39 is 0 Å². The third kappa shape index (κ3) is 3.55. The van der Waals surface area contributed by atoms with Crippen molar-refractivity contribution in [1.29, 1.82) is 0 Å². The van der Waals surface area contributed by atoms with Gasteiger partial charge in [0, 0.05) is 24.5 Å². The molecular weight excluding hydrogens is 310 g/mol. The highest BCUT2D eigenvalue weighted by molar-refractivity contribution is 5.59. The summed E-state index contributed by atoms with van der Waals surface area (Å²) in [6.45, 7) is 0.693. The van der Waals surface area contributed by atoms with Crippen LogP contribution in [-0.2, 0) is 6.54 Å². The van der Waals surface area contributed by atoms with Crippen molar-refractivity contribution in [3.05, 3.63) is 90.8 Å². The number of benzene rings is 2. The summed E-state index contributed by atoms with van der Waals surface area (Å²) in [6, 6.07) is 24.1. The molecule has 0 radical (unpaired) electrons. The van der Waals surface area contributed by atoms with E-state index in [2.05, 4.69) is 32.7 Å². The van der Waals surface area contributed by atoms with E-state index in [0.29, 0.717) is 6.54 Å². The summed E-state index contributed by atoms with van der Waals surface area (Å²) in [6.07, 6.45) is 3.70. The number of hydrogen-bond acceptors (Lipinski definition) is 4. The van der Waals surface area contributed by atoms with Crippen LogP contribution in [0.4, 0.5) is 5.82 Å². The van der Waals surface area contributed by atoms with Gasteiger partial charge in [0.15, 0.2) is 0 Å². The number of hydrogen-bond donors (Lipinski definition) is 1. The Bertz CT molecular complexity index is 914. The first kappa shape index (κ1) is 15.1. The summed E-state index contributed by atoms with van der Waals surface area (Å²) in [5, 5.41) is 16.1.